The maximum atomic E-state index is 12.9. The lowest BCUT2D eigenvalue weighted by Crippen LogP contribution is -2.56. The summed E-state index contributed by atoms with van der Waals surface area (Å²) in [6.45, 7) is 0.453. The summed E-state index contributed by atoms with van der Waals surface area (Å²) in [6, 6.07) is 14.4. The summed E-state index contributed by atoms with van der Waals surface area (Å²) in [4.78, 5) is 38.3. The Morgan fingerprint density at radius 3 is 2.06 bits per heavy atom. The van der Waals surface area contributed by atoms with E-state index in [2.05, 4.69) is 5.32 Å². The van der Waals surface area contributed by atoms with Gasteiger partial charge in [0.05, 0.1) is 12.7 Å². The van der Waals surface area contributed by atoms with Gasteiger partial charge in [-0.05, 0) is 22.3 Å². The zero-order valence-electron chi connectivity index (χ0n) is 19.2. The third kappa shape index (κ3) is 5.46. The van der Waals surface area contributed by atoms with Crippen LogP contribution in [0.2, 0.25) is 0 Å². The minimum atomic E-state index is -3.38. The van der Waals surface area contributed by atoms with Crippen molar-refractivity contribution in [1.82, 2.24) is 14.5 Å². The summed E-state index contributed by atoms with van der Waals surface area (Å²) in [5.74, 6) is -2.02. The van der Waals surface area contributed by atoms with Crippen LogP contribution in [0, 0.1) is 0 Å². The summed E-state index contributed by atoms with van der Waals surface area (Å²) >= 11 is 0. The number of carboxylic acid groups (broad SMARTS) is 1. The number of aliphatic carboxylic acids is 1. The van der Waals surface area contributed by atoms with Crippen molar-refractivity contribution in [3.63, 3.8) is 0 Å². The van der Waals surface area contributed by atoms with Gasteiger partial charge in [0.15, 0.2) is 0 Å². The standard InChI is InChI=1S/C24H27N3O7S/c1-35(32,33)27-12-10-26(11-13-27)23(30)21(14-22(28)29)25-24(31)34-15-20-18-8-4-2-6-16(18)17-7-3-5-9-19(17)20/h2-9,20-21H,10-15H2,1H3,(H,25,31)(H,28,29). The number of hydrogen-bond donors (Lipinski definition) is 2. The number of hydrogen-bond acceptors (Lipinski definition) is 6. The number of benzene rings is 2. The van der Waals surface area contributed by atoms with Gasteiger partial charge in [-0.25, -0.2) is 13.2 Å². The number of nitrogens with zero attached hydrogens (tertiary/aromatic N) is 2. The summed E-state index contributed by atoms with van der Waals surface area (Å²) in [6.07, 6.45) is -0.410. The lowest BCUT2D eigenvalue weighted by molar-refractivity contribution is -0.143. The Morgan fingerprint density at radius 1 is 1.00 bits per heavy atom. The van der Waals surface area contributed by atoms with Crippen LogP contribution in [0.5, 0.6) is 0 Å². The summed E-state index contributed by atoms with van der Waals surface area (Å²) in [7, 11) is -3.38. The molecule has 0 bridgehead atoms. The number of fused-ring (bicyclic) bond motifs is 3. The molecule has 0 radical (unpaired) electrons. The molecular weight excluding hydrogens is 474 g/mol. The molecule has 2 aliphatic rings. The van der Waals surface area contributed by atoms with Crippen LogP contribution in [0.1, 0.15) is 23.5 Å². The predicted octanol–water partition coefficient (Wildman–Crippen LogP) is 1.47. The smallest absolute Gasteiger partial charge is 0.407 e. The summed E-state index contributed by atoms with van der Waals surface area (Å²) < 4.78 is 30.1. The highest BCUT2D eigenvalue weighted by Crippen LogP contribution is 2.44. The van der Waals surface area contributed by atoms with Crippen molar-refractivity contribution in [3.8, 4) is 11.1 Å². The second-order valence-electron chi connectivity index (χ2n) is 8.61. The van der Waals surface area contributed by atoms with E-state index in [1.54, 1.807) is 0 Å². The van der Waals surface area contributed by atoms with Crippen LogP contribution in [0.25, 0.3) is 11.1 Å². The molecule has 1 aliphatic carbocycles. The van der Waals surface area contributed by atoms with Crippen molar-refractivity contribution in [2.24, 2.45) is 0 Å². The molecule has 1 atom stereocenters. The second kappa shape index (κ2) is 10.0. The highest BCUT2D eigenvalue weighted by atomic mass is 32.2. The van der Waals surface area contributed by atoms with Gasteiger partial charge in [-0.2, -0.15) is 4.31 Å². The summed E-state index contributed by atoms with van der Waals surface area (Å²) in [5, 5.41) is 11.7. The van der Waals surface area contributed by atoms with Crippen LogP contribution in [0.15, 0.2) is 48.5 Å². The van der Waals surface area contributed by atoms with Crippen LogP contribution in [-0.2, 0) is 24.3 Å². The molecule has 35 heavy (non-hydrogen) atoms. The Morgan fingerprint density at radius 2 is 1.54 bits per heavy atom. The molecule has 2 aromatic carbocycles. The number of rotatable bonds is 7. The maximum absolute atomic E-state index is 12.9. The van der Waals surface area contributed by atoms with Gasteiger partial charge in [0, 0.05) is 32.1 Å². The number of carbonyl (C=O) groups excluding carboxylic acids is 2. The fourth-order valence-corrected chi connectivity index (χ4v) is 5.44. The Hall–Kier alpha value is -3.44. The lowest BCUT2D eigenvalue weighted by Gasteiger charge is -2.35. The van der Waals surface area contributed by atoms with E-state index in [9.17, 15) is 27.9 Å². The average Bonchev–Trinajstić information content (AvgIpc) is 3.15. The fraction of sp³-hybridized carbons (Fsp3) is 0.375. The lowest BCUT2D eigenvalue weighted by atomic mass is 9.98. The largest absolute Gasteiger partial charge is 0.481 e. The normalized spacial score (nSPS) is 16.8. The molecule has 1 heterocycles. The van der Waals surface area contributed by atoms with Gasteiger partial charge >= 0.3 is 12.1 Å². The van der Waals surface area contributed by atoms with Crippen LogP contribution in [0.3, 0.4) is 0 Å². The van der Waals surface area contributed by atoms with Gasteiger partial charge in [0.25, 0.3) is 0 Å². The quantitative estimate of drug-likeness (QED) is 0.587. The molecule has 0 spiro atoms. The first kappa shape index (κ1) is 24.7. The first-order valence-electron chi connectivity index (χ1n) is 11.2. The first-order valence-corrected chi connectivity index (χ1v) is 13.1. The minimum Gasteiger partial charge on any atom is -0.481 e. The number of piperazine rings is 1. The molecule has 2 aromatic rings. The van der Waals surface area contributed by atoms with Gasteiger partial charge in [-0.15, -0.1) is 0 Å². The van der Waals surface area contributed by atoms with E-state index < -0.39 is 40.5 Å². The number of amides is 2. The highest BCUT2D eigenvalue weighted by Gasteiger charge is 2.33. The second-order valence-corrected chi connectivity index (χ2v) is 10.6. The maximum Gasteiger partial charge on any atom is 0.407 e. The van der Waals surface area contributed by atoms with Gasteiger partial charge in [0.2, 0.25) is 15.9 Å². The Balaban J connectivity index is 1.40. The highest BCUT2D eigenvalue weighted by molar-refractivity contribution is 7.88. The van der Waals surface area contributed by atoms with Crippen LogP contribution < -0.4 is 5.32 Å². The van der Waals surface area contributed by atoms with Gasteiger partial charge in [-0.1, -0.05) is 48.5 Å². The summed E-state index contributed by atoms with van der Waals surface area (Å²) in [5.41, 5.74) is 4.21. The molecule has 0 aromatic heterocycles. The molecule has 10 nitrogen and oxygen atoms in total. The Kier molecular flexibility index (Phi) is 7.08. The van der Waals surface area contributed by atoms with Crippen molar-refractivity contribution in [2.45, 2.75) is 18.4 Å². The number of carboxylic acids is 1. The third-order valence-electron chi connectivity index (χ3n) is 6.33. The van der Waals surface area contributed by atoms with Crippen molar-refractivity contribution in [2.75, 3.05) is 39.0 Å². The third-order valence-corrected chi connectivity index (χ3v) is 7.64. The molecule has 4 rings (SSSR count). The van der Waals surface area contributed by atoms with E-state index in [4.69, 9.17) is 4.74 Å². The van der Waals surface area contributed by atoms with Gasteiger partial charge < -0.3 is 20.1 Å². The van der Waals surface area contributed by atoms with Gasteiger partial charge in [-0.3, -0.25) is 9.59 Å². The zero-order chi connectivity index (χ0) is 25.2. The molecule has 186 valence electrons. The molecule has 1 saturated heterocycles. The van der Waals surface area contributed by atoms with E-state index >= 15 is 0 Å². The van der Waals surface area contributed by atoms with Gasteiger partial charge in [0.1, 0.15) is 12.6 Å². The first-order chi connectivity index (χ1) is 16.6. The number of nitrogens with one attached hydrogen (secondary N) is 1. The molecule has 1 unspecified atom stereocenters. The monoisotopic (exact) mass is 501 g/mol. The molecular formula is C24H27N3O7S. The van der Waals surface area contributed by atoms with Crippen molar-refractivity contribution < 1.29 is 32.6 Å². The molecule has 1 fully saturated rings. The number of sulfonamides is 1. The van der Waals surface area contributed by atoms with E-state index in [-0.39, 0.29) is 38.7 Å². The predicted molar refractivity (Wildman–Crippen MR) is 127 cm³/mol. The Labute approximate surface area is 203 Å². The minimum absolute atomic E-state index is 0.0286. The SMILES string of the molecule is CS(=O)(=O)N1CCN(C(=O)C(CC(=O)O)NC(=O)OCC2c3ccccc3-c3ccccc32)CC1. The van der Waals surface area contributed by atoms with E-state index in [1.807, 2.05) is 48.5 Å². The van der Waals surface area contributed by atoms with E-state index in [0.717, 1.165) is 28.5 Å². The molecule has 0 saturated carbocycles. The molecule has 11 heteroatoms. The topological polar surface area (TPSA) is 133 Å². The number of ether oxygens (including phenoxy) is 1. The van der Waals surface area contributed by atoms with Crippen molar-refractivity contribution >= 4 is 28.0 Å². The molecule has 2 N–H and O–H groups in total. The van der Waals surface area contributed by atoms with E-state index in [1.165, 1.54) is 9.21 Å². The van der Waals surface area contributed by atoms with Crippen LogP contribution in [-0.4, -0.2) is 85.8 Å². The van der Waals surface area contributed by atoms with Crippen LogP contribution in [0.4, 0.5) is 4.79 Å². The molecule has 1 aliphatic heterocycles. The zero-order valence-corrected chi connectivity index (χ0v) is 20.0. The number of carbonyl (C=O) groups is 3. The number of alkyl carbamates (subject to hydrolysis) is 1. The fourth-order valence-electron chi connectivity index (χ4n) is 4.62. The van der Waals surface area contributed by atoms with E-state index in [0.29, 0.717) is 0 Å². The Bertz CT molecular complexity index is 1190. The van der Waals surface area contributed by atoms with Crippen molar-refractivity contribution in [1.29, 1.82) is 0 Å². The van der Waals surface area contributed by atoms with Crippen LogP contribution >= 0.6 is 0 Å². The average molecular weight is 502 g/mol. The van der Waals surface area contributed by atoms with Crippen molar-refractivity contribution in [3.05, 3.63) is 59.7 Å². The molecule has 2 amide bonds.